The fourth-order valence-corrected chi connectivity index (χ4v) is 2.53. The van der Waals surface area contributed by atoms with Crippen LogP contribution in [0.1, 0.15) is 18.9 Å². The van der Waals surface area contributed by atoms with E-state index in [1.807, 2.05) is 24.3 Å². The molecule has 0 aliphatic rings. The van der Waals surface area contributed by atoms with Gasteiger partial charge >= 0.3 is 0 Å². The van der Waals surface area contributed by atoms with Gasteiger partial charge in [0, 0.05) is 31.5 Å². The number of hydrogen-bond acceptors (Lipinski definition) is 3. The van der Waals surface area contributed by atoms with Crippen LogP contribution in [-0.4, -0.2) is 25.5 Å². The van der Waals surface area contributed by atoms with Gasteiger partial charge in [0.25, 0.3) is 0 Å². The van der Waals surface area contributed by atoms with Gasteiger partial charge < -0.3 is 15.0 Å². The van der Waals surface area contributed by atoms with Gasteiger partial charge in [0.15, 0.2) is 0 Å². The second kappa shape index (κ2) is 9.08. The molecule has 0 aliphatic carbocycles. The fraction of sp³-hybridized carbons (Fsp3) is 0.263. The number of rotatable bonds is 7. The van der Waals surface area contributed by atoms with Crippen molar-refractivity contribution in [2.24, 2.45) is 0 Å². The lowest BCUT2D eigenvalue weighted by molar-refractivity contribution is -0.121. The van der Waals surface area contributed by atoms with E-state index >= 15 is 0 Å². The second-order valence-corrected chi connectivity index (χ2v) is 5.93. The number of hydrogen-bond donors (Lipinski definition) is 1. The van der Waals surface area contributed by atoms with Gasteiger partial charge in [0.1, 0.15) is 5.75 Å². The zero-order valence-corrected chi connectivity index (χ0v) is 15.0. The molecular weight excluding hydrogens is 340 g/mol. The number of methoxy groups -OCH3 is 1. The van der Waals surface area contributed by atoms with E-state index in [0.29, 0.717) is 23.0 Å². The number of halogens is 1. The topological polar surface area (TPSA) is 58.6 Å². The van der Waals surface area contributed by atoms with Crippen molar-refractivity contribution < 1.29 is 14.3 Å². The highest BCUT2D eigenvalue weighted by atomic mass is 35.5. The largest absolute Gasteiger partial charge is 0.495 e. The highest BCUT2D eigenvalue weighted by Gasteiger charge is 2.16. The Balaban J connectivity index is 1.93. The second-order valence-electron chi connectivity index (χ2n) is 5.50. The number of nitrogens with one attached hydrogen (secondary N) is 1. The van der Waals surface area contributed by atoms with Gasteiger partial charge in [-0.25, -0.2) is 0 Å². The summed E-state index contributed by atoms with van der Waals surface area (Å²) in [7, 11) is 1.55. The average Bonchev–Trinajstić information content (AvgIpc) is 2.61. The molecule has 2 rings (SSSR count). The van der Waals surface area contributed by atoms with Crippen LogP contribution in [0.3, 0.4) is 0 Å². The van der Waals surface area contributed by atoms with Gasteiger partial charge in [-0.15, -0.1) is 0 Å². The van der Waals surface area contributed by atoms with Gasteiger partial charge in [-0.05, 0) is 29.8 Å². The third-order valence-corrected chi connectivity index (χ3v) is 3.97. The summed E-state index contributed by atoms with van der Waals surface area (Å²) in [6, 6.07) is 14.5. The van der Waals surface area contributed by atoms with Crippen LogP contribution in [0.15, 0.2) is 48.5 Å². The SMILES string of the molecule is COc1ccccc1N(CCC(=O)NCc1ccc(Cl)cc1)C(C)=O. The molecule has 0 saturated heterocycles. The van der Waals surface area contributed by atoms with Gasteiger partial charge in [-0.1, -0.05) is 35.9 Å². The molecular formula is C19H21ClN2O3. The van der Waals surface area contributed by atoms with Crippen LogP contribution < -0.4 is 15.0 Å². The fourth-order valence-electron chi connectivity index (χ4n) is 2.40. The molecule has 2 aromatic carbocycles. The van der Waals surface area contributed by atoms with E-state index < -0.39 is 0 Å². The van der Waals surface area contributed by atoms with Crippen molar-refractivity contribution >= 4 is 29.1 Å². The van der Waals surface area contributed by atoms with Gasteiger partial charge in [0.05, 0.1) is 12.8 Å². The van der Waals surface area contributed by atoms with Crippen LogP contribution in [0, 0.1) is 0 Å². The molecule has 2 aromatic rings. The van der Waals surface area contributed by atoms with Crippen LogP contribution in [0.5, 0.6) is 5.75 Å². The highest BCUT2D eigenvalue weighted by Crippen LogP contribution is 2.27. The summed E-state index contributed by atoms with van der Waals surface area (Å²) in [4.78, 5) is 25.6. The Morgan fingerprint density at radius 2 is 1.80 bits per heavy atom. The van der Waals surface area contributed by atoms with Crippen molar-refractivity contribution in [1.82, 2.24) is 5.32 Å². The third kappa shape index (κ3) is 5.50. The average molecular weight is 361 g/mol. The summed E-state index contributed by atoms with van der Waals surface area (Å²) in [5.74, 6) is 0.324. The first-order chi connectivity index (χ1) is 12.0. The predicted molar refractivity (Wildman–Crippen MR) is 98.9 cm³/mol. The zero-order chi connectivity index (χ0) is 18.2. The van der Waals surface area contributed by atoms with Crippen molar-refractivity contribution in [3.05, 3.63) is 59.1 Å². The molecule has 0 radical (unpaired) electrons. The van der Waals surface area contributed by atoms with Crippen LogP contribution in [0.25, 0.3) is 0 Å². The van der Waals surface area contributed by atoms with Crippen LogP contribution >= 0.6 is 11.6 Å². The molecule has 0 atom stereocenters. The Bertz CT molecular complexity index is 732. The molecule has 2 amide bonds. The molecule has 0 spiro atoms. The monoisotopic (exact) mass is 360 g/mol. The summed E-state index contributed by atoms with van der Waals surface area (Å²) in [5, 5.41) is 3.50. The minimum absolute atomic E-state index is 0.129. The van der Waals surface area contributed by atoms with Gasteiger partial charge in [-0.3, -0.25) is 9.59 Å². The van der Waals surface area contributed by atoms with Crippen molar-refractivity contribution in [1.29, 1.82) is 0 Å². The minimum atomic E-state index is -0.144. The first kappa shape index (κ1) is 18.8. The third-order valence-electron chi connectivity index (χ3n) is 3.72. The number of benzene rings is 2. The Hall–Kier alpha value is -2.53. The van der Waals surface area contributed by atoms with Crippen molar-refractivity contribution in [2.45, 2.75) is 19.9 Å². The maximum absolute atomic E-state index is 12.1. The van der Waals surface area contributed by atoms with E-state index in [2.05, 4.69) is 5.32 Å². The molecule has 5 nitrogen and oxygen atoms in total. The van der Waals surface area contributed by atoms with Gasteiger partial charge in [0.2, 0.25) is 11.8 Å². The van der Waals surface area contributed by atoms with E-state index in [0.717, 1.165) is 5.56 Å². The van der Waals surface area contributed by atoms with E-state index in [-0.39, 0.29) is 24.8 Å². The molecule has 0 bridgehead atoms. The molecule has 0 saturated carbocycles. The van der Waals surface area contributed by atoms with Crippen LogP contribution in [0.4, 0.5) is 5.69 Å². The summed E-state index contributed by atoms with van der Waals surface area (Å²) < 4.78 is 5.29. The van der Waals surface area contributed by atoms with Gasteiger partial charge in [-0.2, -0.15) is 0 Å². The van der Waals surface area contributed by atoms with Crippen molar-refractivity contribution in [2.75, 3.05) is 18.6 Å². The summed E-state index contributed by atoms with van der Waals surface area (Å²) in [5.41, 5.74) is 1.62. The van der Waals surface area contributed by atoms with Crippen molar-refractivity contribution in [3.63, 3.8) is 0 Å². The Labute approximate surface area is 152 Å². The number of anilines is 1. The molecule has 25 heavy (non-hydrogen) atoms. The first-order valence-electron chi connectivity index (χ1n) is 7.93. The summed E-state index contributed by atoms with van der Waals surface area (Å²) in [6.45, 7) is 2.17. The normalized spacial score (nSPS) is 10.2. The lowest BCUT2D eigenvalue weighted by atomic mass is 10.2. The molecule has 132 valence electrons. The van der Waals surface area contributed by atoms with Crippen molar-refractivity contribution in [3.8, 4) is 5.75 Å². The summed E-state index contributed by atoms with van der Waals surface area (Å²) in [6.07, 6.45) is 0.200. The standard InChI is InChI=1S/C19H21ClN2O3/c1-14(23)22(17-5-3-4-6-18(17)25-2)12-11-19(24)21-13-15-7-9-16(20)10-8-15/h3-10H,11-13H2,1-2H3,(H,21,24). The molecule has 1 N–H and O–H groups in total. The molecule has 6 heteroatoms. The van der Waals surface area contributed by atoms with Crippen LogP contribution in [-0.2, 0) is 16.1 Å². The van der Waals surface area contributed by atoms with E-state index in [9.17, 15) is 9.59 Å². The lowest BCUT2D eigenvalue weighted by Crippen LogP contribution is -2.34. The Kier molecular flexibility index (Phi) is 6.83. The molecule has 0 unspecified atom stereocenters. The molecule has 0 fully saturated rings. The maximum Gasteiger partial charge on any atom is 0.223 e. The number of nitrogens with zero attached hydrogens (tertiary/aromatic N) is 1. The number of carbonyl (C=O) groups is 2. The molecule has 0 heterocycles. The maximum atomic E-state index is 12.1. The first-order valence-corrected chi connectivity index (χ1v) is 8.31. The number of ether oxygens (including phenoxy) is 1. The highest BCUT2D eigenvalue weighted by molar-refractivity contribution is 6.30. The predicted octanol–water partition coefficient (Wildman–Crippen LogP) is 3.41. The number of amides is 2. The smallest absolute Gasteiger partial charge is 0.223 e. The quantitative estimate of drug-likeness (QED) is 0.823. The summed E-state index contributed by atoms with van der Waals surface area (Å²) >= 11 is 5.84. The minimum Gasteiger partial charge on any atom is -0.495 e. The van der Waals surface area contributed by atoms with E-state index in [4.69, 9.17) is 16.3 Å². The van der Waals surface area contributed by atoms with E-state index in [1.165, 1.54) is 6.92 Å². The van der Waals surface area contributed by atoms with E-state index in [1.54, 1.807) is 36.3 Å². The molecule has 0 aliphatic heterocycles. The number of carbonyl (C=O) groups excluding carboxylic acids is 2. The molecule has 0 aromatic heterocycles. The Morgan fingerprint density at radius 1 is 1.12 bits per heavy atom. The number of para-hydroxylation sites is 2. The van der Waals surface area contributed by atoms with Crippen LogP contribution in [0.2, 0.25) is 5.02 Å². The Morgan fingerprint density at radius 3 is 2.44 bits per heavy atom. The zero-order valence-electron chi connectivity index (χ0n) is 14.3. The lowest BCUT2D eigenvalue weighted by Gasteiger charge is -2.23.